The molecule has 2 rings (SSSR count). The SMILES string of the molecule is COc1ccccc1NCC(=O)NN=C(C)c1ccc(OC)c(OC)c1. The summed E-state index contributed by atoms with van der Waals surface area (Å²) in [6, 6.07) is 12.8. The smallest absolute Gasteiger partial charge is 0.259 e. The molecule has 0 aliphatic carbocycles. The van der Waals surface area contributed by atoms with Gasteiger partial charge in [-0.2, -0.15) is 5.10 Å². The van der Waals surface area contributed by atoms with Gasteiger partial charge in [0.15, 0.2) is 11.5 Å². The zero-order chi connectivity index (χ0) is 18.9. The van der Waals surface area contributed by atoms with Crippen LogP contribution in [0.1, 0.15) is 12.5 Å². The van der Waals surface area contributed by atoms with Crippen LogP contribution in [0.5, 0.6) is 17.2 Å². The summed E-state index contributed by atoms with van der Waals surface area (Å²) in [7, 11) is 4.73. The predicted octanol–water partition coefficient (Wildman–Crippen LogP) is 2.66. The predicted molar refractivity (Wildman–Crippen MR) is 101 cm³/mol. The molecular formula is C19H23N3O4. The van der Waals surface area contributed by atoms with Gasteiger partial charge < -0.3 is 19.5 Å². The average molecular weight is 357 g/mol. The highest BCUT2D eigenvalue weighted by Gasteiger charge is 2.08. The summed E-state index contributed by atoms with van der Waals surface area (Å²) in [6.45, 7) is 1.87. The number of hydrazone groups is 1. The number of amides is 1. The van der Waals surface area contributed by atoms with E-state index in [1.54, 1.807) is 40.4 Å². The van der Waals surface area contributed by atoms with Gasteiger partial charge in [-0.1, -0.05) is 12.1 Å². The van der Waals surface area contributed by atoms with Crippen LogP contribution in [-0.2, 0) is 4.79 Å². The number of nitrogens with one attached hydrogen (secondary N) is 2. The minimum Gasteiger partial charge on any atom is -0.495 e. The van der Waals surface area contributed by atoms with E-state index in [9.17, 15) is 4.79 Å². The van der Waals surface area contributed by atoms with E-state index in [-0.39, 0.29) is 12.5 Å². The molecule has 0 heterocycles. The highest BCUT2D eigenvalue weighted by molar-refractivity contribution is 6.00. The third-order valence-electron chi connectivity index (χ3n) is 3.70. The van der Waals surface area contributed by atoms with Crippen molar-refractivity contribution in [3.8, 4) is 17.2 Å². The first-order valence-electron chi connectivity index (χ1n) is 8.01. The molecule has 0 saturated carbocycles. The number of rotatable bonds is 8. The van der Waals surface area contributed by atoms with Crippen LogP contribution in [0.15, 0.2) is 47.6 Å². The molecule has 138 valence electrons. The fourth-order valence-corrected chi connectivity index (χ4v) is 2.28. The van der Waals surface area contributed by atoms with Crippen molar-refractivity contribution in [2.24, 2.45) is 5.10 Å². The Bertz CT molecular complexity index is 790. The van der Waals surface area contributed by atoms with Gasteiger partial charge in [0.25, 0.3) is 5.91 Å². The molecule has 0 radical (unpaired) electrons. The van der Waals surface area contributed by atoms with E-state index < -0.39 is 0 Å². The second kappa shape index (κ2) is 9.31. The maximum absolute atomic E-state index is 12.0. The van der Waals surface area contributed by atoms with Gasteiger partial charge in [0, 0.05) is 5.56 Å². The van der Waals surface area contributed by atoms with Gasteiger partial charge in [0.05, 0.1) is 39.3 Å². The van der Waals surface area contributed by atoms with Crippen molar-refractivity contribution in [2.45, 2.75) is 6.92 Å². The second-order valence-corrected chi connectivity index (χ2v) is 5.36. The maximum Gasteiger partial charge on any atom is 0.259 e. The van der Waals surface area contributed by atoms with E-state index in [0.717, 1.165) is 11.3 Å². The van der Waals surface area contributed by atoms with Crippen LogP contribution in [0, 0.1) is 0 Å². The molecule has 0 unspecified atom stereocenters. The lowest BCUT2D eigenvalue weighted by Crippen LogP contribution is -2.26. The number of hydrogen-bond acceptors (Lipinski definition) is 6. The summed E-state index contributed by atoms with van der Waals surface area (Å²) in [5.41, 5.74) is 4.74. The summed E-state index contributed by atoms with van der Waals surface area (Å²) in [4.78, 5) is 12.0. The summed E-state index contributed by atoms with van der Waals surface area (Å²) in [5.74, 6) is 1.64. The Kier molecular flexibility index (Phi) is 6.84. The minimum atomic E-state index is -0.268. The molecule has 2 aromatic rings. The Balaban J connectivity index is 1.96. The van der Waals surface area contributed by atoms with Crippen LogP contribution in [0.3, 0.4) is 0 Å². The molecular weight excluding hydrogens is 334 g/mol. The van der Waals surface area contributed by atoms with E-state index in [0.29, 0.717) is 23.0 Å². The van der Waals surface area contributed by atoms with Gasteiger partial charge in [-0.05, 0) is 37.3 Å². The van der Waals surface area contributed by atoms with Crippen LogP contribution in [0.4, 0.5) is 5.69 Å². The van der Waals surface area contributed by atoms with Gasteiger partial charge in [0.1, 0.15) is 5.75 Å². The lowest BCUT2D eigenvalue weighted by Gasteiger charge is -2.11. The summed E-state index contributed by atoms with van der Waals surface area (Å²) >= 11 is 0. The molecule has 1 amide bonds. The second-order valence-electron chi connectivity index (χ2n) is 5.36. The molecule has 7 nitrogen and oxygen atoms in total. The number of carbonyl (C=O) groups excluding carboxylic acids is 1. The molecule has 26 heavy (non-hydrogen) atoms. The standard InChI is InChI=1S/C19H23N3O4/c1-13(14-9-10-17(25-3)18(11-14)26-4)21-22-19(23)12-20-15-7-5-6-8-16(15)24-2/h5-11,20H,12H2,1-4H3,(H,22,23). The van der Waals surface area contributed by atoms with Crippen molar-refractivity contribution >= 4 is 17.3 Å². The largest absolute Gasteiger partial charge is 0.495 e. The molecule has 0 atom stereocenters. The van der Waals surface area contributed by atoms with E-state index in [1.807, 2.05) is 30.3 Å². The van der Waals surface area contributed by atoms with Crippen molar-refractivity contribution in [3.63, 3.8) is 0 Å². The first-order valence-corrected chi connectivity index (χ1v) is 8.01. The van der Waals surface area contributed by atoms with Crippen molar-refractivity contribution in [1.29, 1.82) is 0 Å². The normalized spacial score (nSPS) is 10.8. The van der Waals surface area contributed by atoms with Crippen LogP contribution in [-0.4, -0.2) is 39.5 Å². The quantitative estimate of drug-likeness (QED) is 0.561. The Morgan fingerprint density at radius 1 is 0.962 bits per heavy atom. The van der Waals surface area contributed by atoms with Crippen LogP contribution < -0.4 is 25.0 Å². The van der Waals surface area contributed by atoms with E-state index in [1.165, 1.54) is 0 Å². The highest BCUT2D eigenvalue weighted by atomic mass is 16.5. The zero-order valence-electron chi connectivity index (χ0n) is 15.3. The number of ether oxygens (including phenoxy) is 3. The molecule has 0 aromatic heterocycles. The molecule has 0 aliphatic heterocycles. The Hall–Kier alpha value is -3.22. The van der Waals surface area contributed by atoms with Crippen LogP contribution >= 0.6 is 0 Å². The number of methoxy groups -OCH3 is 3. The molecule has 0 bridgehead atoms. The fourth-order valence-electron chi connectivity index (χ4n) is 2.28. The van der Waals surface area contributed by atoms with Crippen LogP contribution in [0.25, 0.3) is 0 Å². The van der Waals surface area contributed by atoms with Crippen molar-refractivity contribution in [1.82, 2.24) is 5.43 Å². The summed E-state index contributed by atoms with van der Waals surface area (Å²) < 4.78 is 15.7. The average Bonchev–Trinajstić information content (AvgIpc) is 2.69. The highest BCUT2D eigenvalue weighted by Crippen LogP contribution is 2.27. The molecule has 0 saturated heterocycles. The zero-order valence-corrected chi connectivity index (χ0v) is 15.3. The van der Waals surface area contributed by atoms with Gasteiger partial charge >= 0.3 is 0 Å². The lowest BCUT2D eigenvalue weighted by molar-refractivity contribution is -0.119. The molecule has 0 fully saturated rings. The third kappa shape index (κ3) is 4.89. The fraction of sp³-hybridized carbons (Fsp3) is 0.263. The first kappa shape index (κ1) is 19.1. The summed E-state index contributed by atoms with van der Waals surface area (Å²) in [6.07, 6.45) is 0. The number of nitrogens with zero attached hydrogens (tertiary/aromatic N) is 1. The number of hydrogen-bond donors (Lipinski definition) is 2. The van der Waals surface area contributed by atoms with Crippen molar-refractivity contribution < 1.29 is 19.0 Å². The van der Waals surface area contributed by atoms with Crippen molar-refractivity contribution in [3.05, 3.63) is 48.0 Å². The Labute approximate surface area is 153 Å². The number of para-hydroxylation sites is 2. The van der Waals surface area contributed by atoms with E-state index in [4.69, 9.17) is 14.2 Å². The minimum absolute atomic E-state index is 0.0725. The van der Waals surface area contributed by atoms with E-state index in [2.05, 4.69) is 15.8 Å². The molecule has 7 heteroatoms. The van der Waals surface area contributed by atoms with Gasteiger partial charge in [-0.15, -0.1) is 0 Å². The van der Waals surface area contributed by atoms with Gasteiger partial charge in [-0.25, -0.2) is 5.43 Å². The number of anilines is 1. The van der Waals surface area contributed by atoms with Gasteiger partial charge in [0.2, 0.25) is 0 Å². The topological polar surface area (TPSA) is 81.2 Å². The monoisotopic (exact) mass is 357 g/mol. The lowest BCUT2D eigenvalue weighted by atomic mass is 10.1. The van der Waals surface area contributed by atoms with Crippen molar-refractivity contribution in [2.75, 3.05) is 33.2 Å². The molecule has 2 aromatic carbocycles. The third-order valence-corrected chi connectivity index (χ3v) is 3.70. The molecule has 0 aliphatic rings. The molecule has 0 spiro atoms. The summed E-state index contributed by atoms with van der Waals surface area (Å²) in [5, 5.41) is 7.15. The Morgan fingerprint density at radius 2 is 1.65 bits per heavy atom. The number of benzene rings is 2. The van der Waals surface area contributed by atoms with Crippen LogP contribution in [0.2, 0.25) is 0 Å². The first-order chi connectivity index (χ1) is 12.6. The number of carbonyl (C=O) groups is 1. The maximum atomic E-state index is 12.0. The van der Waals surface area contributed by atoms with Gasteiger partial charge in [-0.3, -0.25) is 4.79 Å². The van der Waals surface area contributed by atoms with E-state index >= 15 is 0 Å². The molecule has 2 N–H and O–H groups in total. The Morgan fingerprint density at radius 3 is 2.35 bits per heavy atom.